The zero-order valence-corrected chi connectivity index (χ0v) is 11.1. The van der Waals surface area contributed by atoms with Gasteiger partial charge in [-0.1, -0.05) is 31.2 Å². The maximum absolute atomic E-state index is 5.73. The van der Waals surface area contributed by atoms with Gasteiger partial charge in [0.25, 0.3) is 0 Å². The lowest BCUT2D eigenvalue weighted by Gasteiger charge is -2.18. The van der Waals surface area contributed by atoms with Crippen molar-refractivity contribution in [3.8, 4) is 5.75 Å². The van der Waals surface area contributed by atoms with Crippen molar-refractivity contribution in [3.05, 3.63) is 42.0 Å². The largest absolute Gasteiger partial charge is 0.494 e. The van der Waals surface area contributed by atoms with E-state index >= 15 is 0 Å². The second-order valence-corrected chi connectivity index (χ2v) is 4.41. The second-order valence-electron chi connectivity index (χ2n) is 4.41. The van der Waals surface area contributed by atoms with Gasteiger partial charge in [-0.05, 0) is 38.1 Å². The van der Waals surface area contributed by atoms with Gasteiger partial charge in [0, 0.05) is 12.5 Å². The first-order valence-electron chi connectivity index (χ1n) is 6.21. The zero-order chi connectivity index (χ0) is 12.7. The van der Waals surface area contributed by atoms with Crippen LogP contribution in [0.25, 0.3) is 0 Å². The van der Waals surface area contributed by atoms with Crippen LogP contribution in [0, 0.1) is 6.92 Å². The molecule has 0 saturated heterocycles. The van der Waals surface area contributed by atoms with Gasteiger partial charge in [0.15, 0.2) is 0 Å². The third kappa shape index (κ3) is 5.05. The first-order valence-corrected chi connectivity index (χ1v) is 6.21. The Morgan fingerprint density at radius 2 is 2.24 bits per heavy atom. The molecule has 0 aromatic heterocycles. The smallest absolute Gasteiger partial charge is 0.119 e. The van der Waals surface area contributed by atoms with E-state index in [1.165, 1.54) is 11.1 Å². The summed E-state index contributed by atoms with van der Waals surface area (Å²) in [5.74, 6) is 0.946. The van der Waals surface area contributed by atoms with E-state index in [1.54, 1.807) is 0 Å². The van der Waals surface area contributed by atoms with Crippen molar-refractivity contribution >= 4 is 0 Å². The molecule has 94 valence electrons. The Kier molecular flexibility index (Phi) is 5.78. The Morgan fingerprint density at radius 3 is 2.82 bits per heavy atom. The molecule has 0 aliphatic heterocycles. The van der Waals surface area contributed by atoms with Gasteiger partial charge < -0.3 is 10.1 Å². The van der Waals surface area contributed by atoms with E-state index in [0.717, 1.165) is 18.7 Å². The van der Waals surface area contributed by atoms with Crippen molar-refractivity contribution in [1.82, 2.24) is 5.32 Å². The molecule has 0 aliphatic carbocycles. The minimum atomic E-state index is 0.352. The molecule has 1 unspecified atom stereocenters. The third-order valence-electron chi connectivity index (χ3n) is 2.71. The Labute approximate surface area is 105 Å². The summed E-state index contributed by atoms with van der Waals surface area (Å²) < 4.78 is 5.73. The normalized spacial score (nSPS) is 12.2. The molecule has 2 heteroatoms. The van der Waals surface area contributed by atoms with Gasteiger partial charge in [-0.25, -0.2) is 0 Å². The highest BCUT2D eigenvalue weighted by molar-refractivity contribution is 5.27. The summed E-state index contributed by atoms with van der Waals surface area (Å²) >= 11 is 0. The van der Waals surface area contributed by atoms with Gasteiger partial charge in [0.1, 0.15) is 5.75 Å². The van der Waals surface area contributed by atoms with Gasteiger partial charge in [-0.2, -0.15) is 0 Å². The van der Waals surface area contributed by atoms with Crippen LogP contribution >= 0.6 is 0 Å². The Hall–Kier alpha value is -1.28. The van der Waals surface area contributed by atoms with Gasteiger partial charge >= 0.3 is 0 Å². The van der Waals surface area contributed by atoms with Crippen LogP contribution in [0.4, 0.5) is 0 Å². The fourth-order valence-electron chi connectivity index (χ4n) is 1.77. The monoisotopic (exact) mass is 233 g/mol. The van der Waals surface area contributed by atoms with E-state index in [9.17, 15) is 0 Å². The molecule has 0 heterocycles. The lowest BCUT2D eigenvalue weighted by Crippen LogP contribution is -2.31. The predicted molar refractivity (Wildman–Crippen MR) is 73.6 cm³/mol. The molecule has 0 saturated carbocycles. The van der Waals surface area contributed by atoms with Gasteiger partial charge in [0.2, 0.25) is 0 Å². The van der Waals surface area contributed by atoms with Crippen LogP contribution < -0.4 is 10.1 Å². The van der Waals surface area contributed by atoms with Crippen molar-refractivity contribution in [2.75, 3.05) is 13.2 Å². The topological polar surface area (TPSA) is 21.3 Å². The minimum Gasteiger partial charge on any atom is -0.494 e. The van der Waals surface area contributed by atoms with Gasteiger partial charge in [-0.15, -0.1) is 0 Å². The summed E-state index contributed by atoms with van der Waals surface area (Å²) in [5, 5.41) is 3.40. The summed E-state index contributed by atoms with van der Waals surface area (Å²) in [6.07, 6.45) is 0.955. The molecule has 0 bridgehead atoms. The van der Waals surface area contributed by atoms with E-state index in [4.69, 9.17) is 4.74 Å². The average molecular weight is 233 g/mol. The first-order chi connectivity index (χ1) is 8.13. The molecule has 17 heavy (non-hydrogen) atoms. The van der Waals surface area contributed by atoms with Crippen LogP contribution in [-0.4, -0.2) is 19.2 Å². The van der Waals surface area contributed by atoms with E-state index in [0.29, 0.717) is 12.6 Å². The highest BCUT2D eigenvalue weighted by atomic mass is 16.5. The SMILES string of the molecule is C=C(C)C(CCOc1cccc(C)c1)NCC. The van der Waals surface area contributed by atoms with Crippen molar-refractivity contribution < 1.29 is 4.74 Å². The molecule has 1 N–H and O–H groups in total. The molecular formula is C15H23NO. The Balaban J connectivity index is 2.38. The lowest BCUT2D eigenvalue weighted by atomic mass is 10.1. The standard InChI is InChI=1S/C15H23NO/c1-5-16-15(12(2)3)9-10-17-14-8-6-7-13(4)11-14/h6-8,11,15-16H,2,5,9-10H2,1,3-4H3. The van der Waals surface area contributed by atoms with Crippen LogP contribution in [-0.2, 0) is 0 Å². The summed E-state index contributed by atoms with van der Waals surface area (Å²) in [6.45, 7) is 11.9. The number of hydrogen-bond acceptors (Lipinski definition) is 2. The third-order valence-corrected chi connectivity index (χ3v) is 2.71. The van der Waals surface area contributed by atoms with Gasteiger partial charge in [0.05, 0.1) is 6.61 Å². The van der Waals surface area contributed by atoms with Crippen LogP contribution in [0.5, 0.6) is 5.75 Å². The molecular weight excluding hydrogens is 210 g/mol. The van der Waals surface area contributed by atoms with Crippen molar-refractivity contribution in [2.45, 2.75) is 33.2 Å². The Bertz CT molecular complexity index is 360. The first kappa shape index (κ1) is 13.8. The number of ether oxygens (including phenoxy) is 1. The molecule has 0 aliphatic rings. The molecule has 1 rings (SSSR count). The number of likely N-dealkylation sites (N-methyl/N-ethyl adjacent to an activating group) is 1. The second kappa shape index (κ2) is 7.13. The molecule has 0 fully saturated rings. The molecule has 1 aromatic rings. The highest BCUT2D eigenvalue weighted by Gasteiger charge is 2.07. The molecule has 2 nitrogen and oxygen atoms in total. The number of rotatable bonds is 7. The van der Waals surface area contributed by atoms with E-state index in [-0.39, 0.29) is 0 Å². The van der Waals surface area contributed by atoms with Gasteiger partial charge in [-0.3, -0.25) is 0 Å². The fraction of sp³-hybridized carbons (Fsp3) is 0.467. The quantitative estimate of drug-likeness (QED) is 0.729. The maximum Gasteiger partial charge on any atom is 0.119 e. The number of aryl methyl sites for hydroxylation is 1. The highest BCUT2D eigenvalue weighted by Crippen LogP contribution is 2.13. The average Bonchev–Trinajstić information content (AvgIpc) is 2.28. The predicted octanol–water partition coefficient (Wildman–Crippen LogP) is 3.32. The number of nitrogens with one attached hydrogen (secondary N) is 1. The fourth-order valence-corrected chi connectivity index (χ4v) is 1.77. The molecule has 0 amide bonds. The summed E-state index contributed by atoms with van der Waals surface area (Å²) in [6, 6.07) is 8.50. The molecule has 1 aromatic carbocycles. The molecule has 1 atom stereocenters. The maximum atomic E-state index is 5.73. The van der Waals surface area contributed by atoms with Crippen LogP contribution in [0.1, 0.15) is 25.8 Å². The van der Waals surface area contributed by atoms with Crippen LogP contribution in [0.3, 0.4) is 0 Å². The summed E-state index contributed by atoms with van der Waals surface area (Å²) in [5.41, 5.74) is 2.39. The van der Waals surface area contributed by atoms with E-state index in [1.807, 2.05) is 12.1 Å². The summed E-state index contributed by atoms with van der Waals surface area (Å²) in [4.78, 5) is 0. The van der Waals surface area contributed by atoms with Crippen LogP contribution in [0.2, 0.25) is 0 Å². The van der Waals surface area contributed by atoms with E-state index < -0.39 is 0 Å². The lowest BCUT2D eigenvalue weighted by molar-refractivity contribution is 0.294. The van der Waals surface area contributed by atoms with Crippen LogP contribution in [0.15, 0.2) is 36.4 Å². The number of benzene rings is 1. The minimum absolute atomic E-state index is 0.352. The van der Waals surface area contributed by atoms with Crippen molar-refractivity contribution in [1.29, 1.82) is 0 Å². The molecule has 0 spiro atoms. The molecule has 0 radical (unpaired) electrons. The van der Waals surface area contributed by atoms with E-state index in [2.05, 4.69) is 44.8 Å². The van der Waals surface area contributed by atoms with Crippen molar-refractivity contribution in [2.24, 2.45) is 0 Å². The van der Waals surface area contributed by atoms with Crippen molar-refractivity contribution in [3.63, 3.8) is 0 Å². The number of hydrogen-bond donors (Lipinski definition) is 1. The Morgan fingerprint density at radius 1 is 1.47 bits per heavy atom. The summed E-state index contributed by atoms with van der Waals surface area (Å²) in [7, 11) is 0. The zero-order valence-electron chi connectivity index (χ0n) is 11.1.